The first kappa shape index (κ1) is 14.2. The molecule has 0 amide bonds. The third-order valence-corrected chi connectivity index (χ3v) is 3.34. The lowest BCUT2D eigenvalue weighted by Crippen LogP contribution is -2.25. The molecule has 0 aliphatic heterocycles. The molecule has 4 nitrogen and oxygen atoms in total. The molecule has 1 heterocycles. The number of aliphatic hydroxyl groups is 1. The van der Waals surface area contributed by atoms with Gasteiger partial charge in [0.25, 0.3) is 0 Å². The van der Waals surface area contributed by atoms with Gasteiger partial charge < -0.3 is 10.4 Å². The second-order valence-electron chi connectivity index (χ2n) is 4.56. The van der Waals surface area contributed by atoms with E-state index in [0.717, 1.165) is 28.7 Å². The topological polar surface area (TPSA) is 50.1 Å². The lowest BCUT2D eigenvalue weighted by atomic mass is 10.1. The first-order chi connectivity index (χ1) is 9.15. The van der Waals surface area contributed by atoms with Gasteiger partial charge in [0.15, 0.2) is 0 Å². The van der Waals surface area contributed by atoms with Gasteiger partial charge in [-0.1, -0.05) is 28.1 Å². The molecule has 0 fully saturated rings. The zero-order valence-corrected chi connectivity index (χ0v) is 12.5. The monoisotopic (exact) mass is 323 g/mol. The van der Waals surface area contributed by atoms with Crippen LogP contribution in [0.4, 0.5) is 0 Å². The van der Waals surface area contributed by atoms with Crippen LogP contribution in [0.25, 0.3) is 0 Å². The Balaban J connectivity index is 1.73. The van der Waals surface area contributed by atoms with Crippen molar-refractivity contribution in [1.82, 2.24) is 15.1 Å². The zero-order chi connectivity index (χ0) is 13.7. The maximum atomic E-state index is 10.0. The predicted molar refractivity (Wildman–Crippen MR) is 78.9 cm³/mol. The minimum absolute atomic E-state index is 0.489. The number of halogens is 1. The van der Waals surface area contributed by atoms with Crippen LogP contribution in [-0.2, 0) is 6.54 Å². The minimum atomic E-state index is -0.489. The highest BCUT2D eigenvalue weighted by Gasteiger charge is 2.06. The molecule has 0 unspecified atom stereocenters. The Morgan fingerprint density at radius 2 is 2.32 bits per heavy atom. The van der Waals surface area contributed by atoms with E-state index < -0.39 is 6.10 Å². The summed E-state index contributed by atoms with van der Waals surface area (Å²) in [5, 5.41) is 17.5. The summed E-state index contributed by atoms with van der Waals surface area (Å²) in [4.78, 5) is 0. The van der Waals surface area contributed by atoms with E-state index in [0.29, 0.717) is 6.54 Å². The molecule has 0 spiro atoms. The van der Waals surface area contributed by atoms with Gasteiger partial charge in [-0.25, -0.2) is 0 Å². The van der Waals surface area contributed by atoms with Crippen molar-refractivity contribution in [3.63, 3.8) is 0 Å². The molecular weight excluding hydrogens is 306 g/mol. The van der Waals surface area contributed by atoms with E-state index in [1.54, 1.807) is 0 Å². The Morgan fingerprint density at radius 1 is 1.47 bits per heavy atom. The van der Waals surface area contributed by atoms with E-state index in [2.05, 4.69) is 26.3 Å². The van der Waals surface area contributed by atoms with E-state index in [-0.39, 0.29) is 0 Å². The Morgan fingerprint density at radius 3 is 3.00 bits per heavy atom. The molecule has 2 aromatic rings. The fraction of sp³-hybridized carbons (Fsp3) is 0.357. The Kier molecular flexibility index (Phi) is 5.13. The second kappa shape index (κ2) is 6.84. The number of aryl methyl sites for hydroxylation is 1. The molecule has 0 saturated heterocycles. The van der Waals surface area contributed by atoms with Gasteiger partial charge in [-0.15, -0.1) is 0 Å². The van der Waals surface area contributed by atoms with Gasteiger partial charge in [0.2, 0.25) is 0 Å². The van der Waals surface area contributed by atoms with Gasteiger partial charge in [-0.2, -0.15) is 5.10 Å². The Labute approximate surface area is 121 Å². The van der Waals surface area contributed by atoms with E-state index in [4.69, 9.17) is 0 Å². The van der Waals surface area contributed by atoms with Gasteiger partial charge >= 0.3 is 0 Å². The number of benzene rings is 1. The molecule has 19 heavy (non-hydrogen) atoms. The molecule has 0 aliphatic carbocycles. The molecule has 102 valence electrons. The molecule has 2 rings (SSSR count). The summed E-state index contributed by atoms with van der Waals surface area (Å²) in [7, 11) is 0. The summed E-state index contributed by atoms with van der Waals surface area (Å²) < 4.78 is 2.88. The fourth-order valence-electron chi connectivity index (χ4n) is 1.85. The molecule has 1 aromatic carbocycles. The van der Waals surface area contributed by atoms with E-state index in [1.807, 2.05) is 48.3 Å². The maximum absolute atomic E-state index is 10.0. The highest BCUT2D eigenvalue weighted by molar-refractivity contribution is 9.10. The highest BCUT2D eigenvalue weighted by Crippen LogP contribution is 2.17. The van der Waals surface area contributed by atoms with Crippen molar-refractivity contribution in [1.29, 1.82) is 0 Å². The van der Waals surface area contributed by atoms with Crippen molar-refractivity contribution in [2.45, 2.75) is 19.6 Å². The lowest BCUT2D eigenvalue weighted by molar-refractivity contribution is 0.174. The second-order valence-corrected chi connectivity index (χ2v) is 5.47. The molecule has 2 N–H and O–H groups in total. The number of hydrogen-bond acceptors (Lipinski definition) is 3. The number of nitrogens with one attached hydrogen (secondary N) is 1. The van der Waals surface area contributed by atoms with Crippen LogP contribution in [0.3, 0.4) is 0 Å². The van der Waals surface area contributed by atoms with Crippen molar-refractivity contribution in [2.24, 2.45) is 0 Å². The Bertz CT molecular complexity index is 527. The van der Waals surface area contributed by atoms with E-state index in [9.17, 15) is 5.11 Å². The van der Waals surface area contributed by atoms with Crippen LogP contribution in [0.15, 0.2) is 41.1 Å². The zero-order valence-electron chi connectivity index (χ0n) is 10.9. The average molecular weight is 324 g/mol. The average Bonchev–Trinajstić information content (AvgIpc) is 2.80. The normalized spacial score (nSPS) is 12.6. The first-order valence-electron chi connectivity index (χ1n) is 6.28. The number of aromatic nitrogens is 2. The van der Waals surface area contributed by atoms with E-state index >= 15 is 0 Å². The van der Waals surface area contributed by atoms with Crippen molar-refractivity contribution >= 4 is 15.9 Å². The fourth-order valence-corrected chi connectivity index (χ4v) is 2.27. The SMILES string of the molecule is Cc1cnn(CCNC[C@@H](O)c2cccc(Br)c2)c1. The van der Waals surface area contributed by atoms with Crippen LogP contribution in [0.2, 0.25) is 0 Å². The molecule has 1 aromatic heterocycles. The van der Waals surface area contributed by atoms with Crippen LogP contribution < -0.4 is 5.32 Å². The third kappa shape index (κ3) is 4.45. The van der Waals surface area contributed by atoms with Gasteiger partial charge in [-0.3, -0.25) is 4.68 Å². The summed E-state index contributed by atoms with van der Waals surface area (Å²) in [6.45, 7) is 4.15. The molecule has 0 bridgehead atoms. The van der Waals surface area contributed by atoms with Crippen molar-refractivity contribution < 1.29 is 5.11 Å². The summed E-state index contributed by atoms with van der Waals surface area (Å²) in [6.07, 6.45) is 3.36. The summed E-state index contributed by atoms with van der Waals surface area (Å²) in [5.74, 6) is 0. The van der Waals surface area contributed by atoms with Gasteiger partial charge in [-0.05, 0) is 30.2 Å². The van der Waals surface area contributed by atoms with Crippen molar-refractivity contribution in [3.05, 3.63) is 52.3 Å². The van der Waals surface area contributed by atoms with Crippen molar-refractivity contribution in [2.75, 3.05) is 13.1 Å². The summed E-state index contributed by atoms with van der Waals surface area (Å²) >= 11 is 3.40. The van der Waals surface area contributed by atoms with E-state index in [1.165, 1.54) is 0 Å². The molecule has 1 atom stereocenters. The van der Waals surface area contributed by atoms with Gasteiger partial charge in [0.05, 0.1) is 18.8 Å². The largest absolute Gasteiger partial charge is 0.387 e. The highest BCUT2D eigenvalue weighted by atomic mass is 79.9. The standard InChI is InChI=1S/C14H18BrN3O/c1-11-8-17-18(10-11)6-5-16-9-14(19)12-3-2-4-13(15)7-12/h2-4,7-8,10,14,16,19H,5-6,9H2,1H3/t14-/m1/s1. The minimum Gasteiger partial charge on any atom is -0.387 e. The lowest BCUT2D eigenvalue weighted by Gasteiger charge is -2.12. The summed E-state index contributed by atoms with van der Waals surface area (Å²) in [6, 6.07) is 7.73. The van der Waals surface area contributed by atoms with Crippen LogP contribution in [-0.4, -0.2) is 28.0 Å². The van der Waals surface area contributed by atoms with Crippen LogP contribution in [0.5, 0.6) is 0 Å². The third-order valence-electron chi connectivity index (χ3n) is 2.85. The summed E-state index contributed by atoms with van der Waals surface area (Å²) in [5.41, 5.74) is 2.07. The first-order valence-corrected chi connectivity index (χ1v) is 7.08. The molecular formula is C14H18BrN3O. The molecule has 0 saturated carbocycles. The number of hydrogen-bond donors (Lipinski definition) is 2. The van der Waals surface area contributed by atoms with Crippen molar-refractivity contribution in [3.8, 4) is 0 Å². The number of aliphatic hydroxyl groups excluding tert-OH is 1. The molecule has 0 radical (unpaired) electrons. The maximum Gasteiger partial charge on any atom is 0.0914 e. The van der Waals surface area contributed by atoms with Gasteiger partial charge in [0.1, 0.15) is 0 Å². The number of nitrogens with zero attached hydrogens (tertiary/aromatic N) is 2. The smallest absolute Gasteiger partial charge is 0.0914 e. The van der Waals surface area contributed by atoms with Crippen LogP contribution >= 0.6 is 15.9 Å². The van der Waals surface area contributed by atoms with Gasteiger partial charge in [0, 0.05) is 23.8 Å². The Hall–Kier alpha value is -1.17. The van der Waals surface area contributed by atoms with Crippen LogP contribution in [0.1, 0.15) is 17.2 Å². The molecule has 0 aliphatic rings. The predicted octanol–water partition coefficient (Wildman–Crippen LogP) is 2.28. The number of rotatable bonds is 6. The quantitative estimate of drug-likeness (QED) is 0.802. The van der Waals surface area contributed by atoms with Crippen LogP contribution in [0, 0.1) is 6.92 Å². The molecule has 5 heteroatoms.